The van der Waals surface area contributed by atoms with Gasteiger partial charge < -0.3 is 14.2 Å². The predicted molar refractivity (Wildman–Crippen MR) is 349 cm³/mol. The predicted octanol–water partition coefficient (Wildman–Crippen LogP) is 24.5. The van der Waals surface area contributed by atoms with Gasteiger partial charge in [-0.25, -0.2) is 0 Å². The molecule has 468 valence electrons. The van der Waals surface area contributed by atoms with Crippen LogP contribution in [0.4, 0.5) is 0 Å². The minimum atomic E-state index is -0.768. The smallest absolute Gasteiger partial charge is 0.306 e. The van der Waals surface area contributed by atoms with E-state index in [0.29, 0.717) is 19.3 Å². The molecule has 0 heterocycles. The lowest BCUT2D eigenvalue weighted by Crippen LogP contribution is -2.30. The Bertz CT molecular complexity index is 1380. The highest BCUT2D eigenvalue weighted by atomic mass is 16.6. The van der Waals surface area contributed by atoms with Gasteiger partial charge >= 0.3 is 17.9 Å². The Hall–Kier alpha value is -2.63. The quantitative estimate of drug-likeness (QED) is 0.0261. The van der Waals surface area contributed by atoms with Crippen molar-refractivity contribution in [1.82, 2.24) is 0 Å². The zero-order valence-corrected chi connectivity index (χ0v) is 53.9. The van der Waals surface area contributed by atoms with E-state index in [1.807, 2.05) is 0 Å². The third-order valence-corrected chi connectivity index (χ3v) is 16.1. The number of unbranched alkanes of at least 4 members (excludes halogenated alkanes) is 47. The molecule has 0 aromatic carbocycles. The van der Waals surface area contributed by atoms with Gasteiger partial charge in [0.15, 0.2) is 6.10 Å². The van der Waals surface area contributed by atoms with Crippen LogP contribution in [0.5, 0.6) is 0 Å². The summed E-state index contributed by atoms with van der Waals surface area (Å²) in [6.07, 6.45) is 87.3. The highest BCUT2D eigenvalue weighted by Crippen LogP contribution is 2.19. The lowest BCUT2D eigenvalue weighted by molar-refractivity contribution is -0.167. The largest absolute Gasteiger partial charge is 0.462 e. The molecule has 0 bridgehead atoms. The van der Waals surface area contributed by atoms with Crippen molar-refractivity contribution in [2.45, 2.75) is 393 Å². The molecular weight excluding hydrogens is 985 g/mol. The zero-order valence-electron chi connectivity index (χ0n) is 53.9. The maximum atomic E-state index is 12.9. The van der Waals surface area contributed by atoms with Crippen LogP contribution in [0, 0.1) is 0 Å². The second kappa shape index (κ2) is 68.9. The normalized spacial score (nSPS) is 12.3. The Morgan fingerprint density at radius 1 is 0.263 bits per heavy atom. The van der Waals surface area contributed by atoms with Crippen molar-refractivity contribution >= 4 is 17.9 Å². The molecule has 0 saturated carbocycles. The van der Waals surface area contributed by atoms with Gasteiger partial charge in [0.2, 0.25) is 0 Å². The molecule has 0 aromatic rings. The van der Waals surface area contributed by atoms with E-state index in [-0.39, 0.29) is 31.1 Å². The number of hydrogen-bond acceptors (Lipinski definition) is 6. The SMILES string of the molecule is CC/C=C\C/C=C\C/C=C\C/C=C\CCCCCCCCCCCCCCCCCCC(=O)OCC(COC(=O)CCCCCCCCCCCC)OC(=O)CCCCCCCCCCCCCCCCCCCCCCCCC. The lowest BCUT2D eigenvalue weighted by Gasteiger charge is -2.18. The van der Waals surface area contributed by atoms with Gasteiger partial charge in [0, 0.05) is 19.3 Å². The van der Waals surface area contributed by atoms with Crippen molar-refractivity contribution in [3.05, 3.63) is 48.6 Å². The molecule has 0 aliphatic heterocycles. The molecule has 1 atom stereocenters. The molecule has 6 nitrogen and oxygen atoms in total. The number of esters is 3. The van der Waals surface area contributed by atoms with Gasteiger partial charge in [-0.3, -0.25) is 14.4 Å². The van der Waals surface area contributed by atoms with E-state index in [9.17, 15) is 14.4 Å². The number of allylic oxidation sites excluding steroid dienone is 8. The fourth-order valence-electron chi connectivity index (χ4n) is 10.8. The average Bonchev–Trinajstić information content (AvgIpc) is 3.46. The Morgan fingerprint density at radius 3 is 0.762 bits per heavy atom. The topological polar surface area (TPSA) is 78.9 Å². The molecule has 0 aromatic heterocycles. The molecule has 0 N–H and O–H groups in total. The number of ether oxygens (including phenoxy) is 3. The first-order chi connectivity index (χ1) is 39.5. The molecule has 0 amide bonds. The van der Waals surface area contributed by atoms with E-state index in [4.69, 9.17) is 14.2 Å². The van der Waals surface area contributed by atoms with E-state index in [2.05, 4.69) is 69.4 Å². The van der Waals surface area contributed by atoms with Crippen molar-refractivity contribution in [2.24, 2.45) is 0 Å². The maximum absolute atomic E-state index is 12.9. The molecule has 6 heteroatoms. The third-order valence-electron chi connectivity index (χ3n) is 16.1. The third kappa shape index (κ3) is 66.2. The monoisotopic (exact) mass is 1120 g/mol. The maximum Gasteiger partial charge on any atom is 0.306 e. The van der Waals surface area contributed by atoms with Crippen LogP contribution < -0.4 is 0 Å². The highest BCUT2D eigenvalue weighted by Gasteiger charge is 2.19. The van der Waals surface area contributed by atoms with Crippen LogP contribution in [0.1, 0.15) is 387 Å². The molecule has 0 aliphatic carbocycles. The standard InChI is InChI=1S/C74H136O6/c1-4-7-10-13-16-19-22-24-26-28-30-32-34-35-36-37-38-39-41-42-44-46-48-50-52-55-58-61-64-67-73(76)79-70-71(69-78-72(75)66-63-60-57-54-21-18-15-12-9-6-3)80-74(77)68-65-62-59-56-53-51-49-47-45-43-40-33-31-29-27-25-23-20-17-14-11-8-5-2/h7,10,16,19,24,26,30,32,71H,4-6,8-9,11-15,17-18,20-23,25,27-29,31,33-70H2,1-3H3/b10-7-,19-16-,26-24-,32-30-. The van der Waals surface area contributed by atoms with Crippen LogP contribution in [0.25, 0.3) is 0 Å². The van der Waals surface area contributed by atoms with Gasteiger partial charge in [0.25, 0.3) is 0 Å². The van der Waals surface area contributed by atoms with Crippen LogP contribution in [-0.4, -0.2) is 37.2 Å². The van der Waals surface area contributed by atoms with Crippen molar-refractivity contribution in [1.29, 1.82) is 0 Å². The van der Waals surface area contributed by atoms with Crippen LogP contribution in [-0.2, 0) is 28.6 Å². The first kappa shape index (κ1) is 77.4. The highest BCUT2D eigenvalue weighted by molar-refractivity contribution is 5.71. The number of carbonyl (C=O) groups excluding carboxylic acids is 3. The van der Waals surface area contributed by atoms with Gasteiger partial charge in [-0.05, 0) is 57.8 Å². The molecule has 0 saturated heterocycles. The zero-order chi connectivity index (χ0) is 57.8. The molecule has 80 heavy (non-hydrogen) atoms. The lowest BCUT2D eigenvalue weighted by atomic mass is 10.0. The van der Waals surface area contributed by atoms with E-state index in [1.54, 1.807) is 0 Å². The summed E-state index contributed by atoms with van der Waals surface area (Å²) < 4.78 is 17.0. The fraction of sp³-hybridized carbons (Fsp3) is 0.851. The minimum absolute atomic E-state index is 0.0658. The second-order valence-electron chi connectivity index (χ2n) is 24.1. The molecule has 1 unspecified atom stereocenters. The van der Waals surface area contributed by atoms with Crippen molar-refractivity contribution < 1.29 is 28.6 Å². The summed E-state index contributed by atoms with van der Waals surface area (Å²) >= 11 is 0. The summed E-state index contributed by atoms with van der Waals surface area (Å²) in [5.74, 6) is -0.838. The number of rotatable bonds is 66. The van der Waals surface area contributed by atoms with Crippen LogP contribution in [0.3, 0.4) is 0 Å². The molecule has 0 aliphatic rings. The molecule has 0 rings (SSSR count). The van der Waals surface area contributed by atoms with Crippen LogP contribution in [0.2, 0.25) is 0 Å². The van der Waals surface area contributed by atoms with Crippen molar-refractivity contribution in [3.63, 3.8) is 0 Å². The Balaban J connectivity index is 4.12. The second-order valence-corrected chi connectivity index (χ2v) is 24.1. The van der Waals surface area contributed by atoms with E-state index >= 15 is 0 Å². The molecule has 0 radical (unpaired) electrons. The summed E-state index contributed by atoms with van der Waals surface area (Å²) in [6.45, 7) is 6.59. The van der Waals surface area contributed by atoms with Gasteiger partial charge in [0.05, 0.1) is 0 Å². The Kier molecular flexibility index (Phi) is 66.6. The summed E-state index contributed by atoms with van der Waals surface area (Å²) in [5.41, 5.74) is 0. The Labute approximate surface area is 498 Å². The van der Waals surface area contributed by atoms with Crippen LogP contribution in [0.15, 0.2) is 48.6 Å². The van der Waals surface area contributed by atoms with Gasteiger partial charge in [0.1, 0.15) is 13.2 Å². The first-order valence-electron chi connectivity index (χ1n) is 35.6. The number of hydrogen-bond donors (Lipinski definition) is 0. The Morgan fingerprint density at radius 2 is 0.487 bits per heavy atom. The molecule has 0 spiro atoms. The minimum Gasteiger partial charge on any atom is -0.462 e. The first-order valence-corrected chi connectivity index (χ1v) is 35.6. The van der Waals surface area contributed by atoms with Crippen molar-refractivity contribution in [2.75, 3.05) is 13.2 Å². The van der Waals surface area contributed by atoms with E-state index in [0.717, 1.165) is 83.5 Å². The average molecular weight is 1120 g/mol. The van der Waals surface area contributed by atoms with Crippen LogP contribution >= 0.6 is 0 Å². The van der Waals surface area contributed by atoms with E-state index in [1.165, 1.54) is 263 Å². The summed E-state index contributed by atoms with van der Waals surface area (Å²) in [7, 11) is 0. The molecule has 0 fully saturated rings. The summed E-state index contributed by atoms with van der Waals surface area (Å²) in [4.78, 5) is 38.3. The summed E-state index contributed by atoms with van der Waals surface area (Å²) in [6, 6.07) is 0. The fourth-order valence-corrected chi connectivity index (χ4v) is 10.8. The van der Waals surface area contributed by atoms with Gasteiger partial charge in [-0.2, -0.15) is 0 Å². The van der Waals surface area contributed by atoms with Crippen molar-refractivity contribution in [3.8, 4) is 0 Å². The number of carbonyl (C=O) groups is 3. The summed E-state index contributed by atoms with van der Waals surface area (Å²) in [5, 5.41) is 0. The molecular formula is C74H136O6. The van der Waals surface area contributed by atoms with E-state index < -0.39 is 6.10 Å². The van der Waals surface area contributed by atoms with Gasteiger partial charge in [-0.1, -0.05) is 358 Å². The van der Waals surface area contributed by atoms with Gasteiger partial charge in [-0.15, -0.1) is 0 Å².